The number of carbonyl (C=O) groups excluding carboxylic acids is 2. The SMILES string of the molecule is COC(=O)c1ccc(NCCc2c(O[C@@](C)(c3ccccc3)c3ncc[nH]3)ccc3c2CCCC3=O)cc1. The van der Waals surface area contributed by atoms with Crippen LogP contribution in [-0.2, 0) is 23.2 Å². The Hall–Kier alpha value is -4.39. The fraction of sp³-hybridized carbons (Fsp3) is 0.258. The Kier molecular flexibility index (Phi) is 7.26. The monoisotopic (exact) mass is 509 g/mol. The van der Waals surface area contributed by atoms with E-state index in [4.69, 9.17) is 9.47 Å². The zero-order valence-corrected chi connectivity index (χ0v) is 21.6. The maximum atomic E-state index is 12.7. The highest BCUT2D eigenvalue weighted by Crippen LogP contribution is 2.38. The van der Waals surface area contributed by atoms with Crippen LogP contribution in [0.25, 0.3) is 0 Å². The summed E-state index contributed by atoms with van der Waals surface area (Å²) < 4.78 is 11.6. The Morgan fingerprint density at radius 3 is 2.55 bits per heavy atom. The van der Waals surface area contributed by atoms with E-state index in [1.54, 1.807) is 24.5 Å². The number of aromatic nitrogens is 2. The van der Waals surface area contributed by atoms with Crippen LogP contribution >= 0.6 is 0 Å². The summed E-state index contributed by atoms with van der Waals surface area (Å²) in [6.07, 6.45) is 6.42. The van der Waals surface area contributed by atoms with Crippen LogP contribution in [0.15, 0.2) is 79.1 Å². The number of esters is 1. The fourth-order valence-corrected chi connectivity index (χ4v) is 5.07. The third kappa shape index (κ3) is 5.05. The summed E-state index contributed by atoms with van der Waals surface area (Å²) >= 11 is 0. The number of nitrogens with zero attached hydrogens (tertiary/aromatic N) is 1. The van der Waals surface area contributed by atoms with Crippen molar-refractivity contribution < 1.29 is 19.1 Å². The predicted octanol–water partition coefficient (Wildman–Crippen LogP) is 5.71. The number of H-pyrrole nitrogens is 1. The van der Waals surface area contributed by atoms with Gasteiger partial charge in [0.2, 0.25) is 0 Å². The van der Waals surface area contributed by atoms with Crippen LogP contribution in [0.2, 0.25) is 0 Å². The number of Topliss-reactive ketones (excluding diaryl/α,β-unsaturated/α-hetero) is 1. The van der Waals surface area contributed by atoms with Crippen molar-refractivity contribution >= 4 is 17.4 Å². The number of ether oxygens (including phenoxy) is 2. The number of nitrogens with one attached hydrogen (secondary N) is 2. The second kappa shape index (κ2) is 10.9. The molecule has 0 aliphatic heterocycles. The van der Waals surface area contributed by atoms with E-state index in [1.165, 1.54) is 7.11 Å². The largest absolute Gasteiger partial charge is 0.475 e. The number of rotatable bonds is 9. The smallest absolute Gasteiger partial charge is 0.337 e. The molecule has 7 heteroatoms. The van der Waals surface area contributed by atoms with Crippen LogP contribution in [-0.4, -0.2) is 35.4 Å². The van der Waals surface area contributed by atoms with Gasteiger partial charge in [-0.2, -0.15) is 0 Å². The Balaban J connectivity index is 1.46. The van der Waals surface area contributed by atoms with Gasteiger partial charge in [-0.1, -0.05) is 30.3 Å². The maximum absolute atomic E-state index is 12.7. The first-order valence-electron chi connectivity index (χ1n) is 12.8. The third-order valence-corrected chi connectivity index (χ3v) is 7.12. The predicted molar refractivity (Wildman–Crippen MR) is 146 cm³/mol. The number of imidazole rings is 1. The molecule has 0 spiro atoms. The average Bonchev–Trinajstić information content (AvgIpc) is 3.51. The first-order chi connectivity index (χ1) is 18.5. The number of hydrogen-bond acceptors (Lipinski definition) is 6. The molecular weight excluding hydrogens is 478 g/mol. The average molecular weight is 510 g/mol. The van der Waals surface area contributed by atoms with E-state index < -0.39 is 5.60 Å². The lowest BCUT2D eigenvalue weighted by atomic mass is 9.85. The van der Waals surface area contributed by atoms with Crippen LogP contribution in [0.5, 0.6) is 5.75 Å². The van der Waals surface area contributed by atoms with E-state index >= 15 is 0 Å². The van der Waals surface area contributed by atoms with Gasteiger partial charge in [0.1, 0.15) is 5.75 Å². The molecule has 1 heterocycles. The Labute approximate surface area is 222 Å². The van der Waals surface area contributed by atoms with Crippen molar-refractivity contribution in [2.45, 2.75) is 38.2 Å². The van der Waals surface area contributed by atoms with Gasteiger partial charge in [-0.25, -0.2) is 9.78 Å². The van der Waals surface area contributed by atoms with E-state index in [1.807, 2.05) is 61.5 Å². The molecular formula is C31H31N3O4. The van der Waals surface area contributed by atoms with Crippen molar-refractivity contribution in [2.24, 2.45) is 0 Å². The van der Waals surface area contributed by atoms with Crippen LogP contribution in [0.4, 0.5) is 5.69 Å². The minimum absolute atomic E-state index is 0.183. The molecule has 2 N–H and O–H groups in total. The summed E-state index contributed by atoms with van der Waals surface area (Å²) in [5.41, 5.74) is 4.40. The first-order valence-corrected chi connectivity index (χ1v) is 12.8. The summed E-state index contributed by atoms with van der Waals surface area (Å²) in [5.74, 6) is 1.26. The molecule has 3 aromatic carbocycles. The molecule has 4 aromatic rings. The number of ketones is 1. The van der Waals surface area contributed by atoms with Gasteiger partial charge in [-0.15, -0.1) is 0 Å². The van der Waals surface area contributed by atoms with E-state index in [2.05, 4.69) is 15.3 Å². The Morgan fingerprint density at radius 1 is 1.05 bits per heavy atom. The normalized spacial score (nSPS) is 14.3. The molecule has 1 atom stereocenters. The summed E-state index contributed by atoms with van der Waals surface area (Å²) in [4.78, 5) is 32.2. The molecule has 1 aliphatic rings. The number of fused-ring (bicyclic) bond motifs is 1. The van der Waals surface area contributed by atoms with Gasteiger partial charge in [0.15, 0.2) is 17.2 Å². The van der Waals surface area contributed by atoms with Crippen molar-refractivity contribution in [3.63, 3.8) is 0 Å². The number of methoxy groups -OCH3 is 1. The quantitative estimate of drug-likeness (QED) is 0.281. The number of anilines is 1. The lowest BCUT2D eigenvalue weighted by Crippen LogP contribution is -2.33. The molecule has 5 rings (SSSR count). The molecule has 0 saturated heterocycles. The van der Waals surface area contributed by atoms with E-state index in [0.717, 1.165) is 46.5 Å². The summed E-state index contributed by atoms with van der Waals surface area (Å²) in [5, 5.41) is 3.43. The molecule has 0 saturated carbocycles. The van der Waals surface area contributed by atoms with Crippen molar-refractivity contribution in [3.05, 3.63) is 113 Å². The van der Waals surface area contributed by atoms with Crippen molar-refractivity contribution in [1.82, 2.24) is 9.97 Å². The van der Waals surface area contributed by atoms with Gasteiger partial charge in [0.05, 0.1) is 12.7 Å². The van der Waals surface area contributed by atoms with Gasteiger partial charge in [-0.3, -0.25) is 4.79 Å². The van der Waals surface area contributed by atoms with Crippen LogP contribution < -0.4 is 10.1 Å². The lowest BCUT2D eigenvalue weighted by Gasteiger charge is -2.32. The fourth-order valence-electron chi connectivity index (χ4n) is 5.07. The second-order valence-corrected chi connectivity index (χ2v) is 9.53. The van der Waals surface area contributed by atoms with Gasteiger partial charge < -0.3 is 19.8 Å². The minimum Gasteiger partial charge on any atom is -0.475 e. The number of benzene rings is 3. The van der Waals surface area contributed by atoms with Crippen molar-refractivity contribution in [3.8, 4) is 5.75 Å². The van der Waals surface area contributed by atoms with Crippen molar-refractivity contribution in [1.29, 1.82) is 0 Å². The van der Waals surface area contributed by atoms with Crippen molar-refractivity contribution in [2.75, 3.05) is 19.0 Å². The third-order valence-electron chi connectivity index (χ3n) is 7.12. The highest BCUT2D eigenvalue weighted by molar-refractivity contribution is 5.99. The standard InChI is InChI=1S/C31H31N3O4/c1-31(30-33-19-20-34-30,22-7-4-3-5-8-22)38-28-16-15-25-24(9-6-10-27(25)35)26(28)17-18-32-23-13-11-21(12-14-23)29(36)37-2/h3-5,7-8,11-16,19-20,32H,6,9-10,17-18H2,1-2H3,(H,33,34)/t31-/m0/s1. The topological polar surface area (TPSA) is 93.3 Å². The summed E-state index contributed by atoms with van der Waals surface area (Å²) in [6.45, 7) is 2.64. The molecule has 0 bridgehead atoms. The second-order valence-electron chi connectivity index (χ2n) is 9.53. The number of carbonyl (C=O) groups is 2. The molecule has 38 heavy (non-hydrogen) atoms. The van der Waals surface area contributed by atoms with E-state index in [9.17, 15) is 9.59 Å². The molecule has 0 amide bonds. The highest BCUT2D eigenvalue weighted by atomic mass is 16.5. The van der Waals surface area contributed by atoms with Crippen LogP contribution in [0.1, 0.15) is 63.0 Å². The number of hydrogen-bond donors (Lipinski definition) is 2. The summed E-state index contributed by atoms with van der Waals surface area (Å²) in [6, 6.07) is 21.0. The van der Waals surface area contributed by atoms with Gasteiger partial charge >= 0.3 is 5.97 Å². The van der Waals surface area contributed by atoms with E-state index in [0.29, 0.717) is 30.8 Å². The Bertz CT molecular complexity index is 1420. The van der Waals surface area contributed by atoms with Crippen LogP contribution in [0.3, 0.4) is 0 Å². The van der Waals surface area contributed by atoms with Gasteiger partial charge in [0, 0.05) is 42.2 Å². The maximum Gasteiger partial charge on any atom is 0.337 e. The number of aromatic amines is 1. The molecule has 1 aliphatic carbocycles. The molecule has 194 valence electrons. The molecule has 0 fully saturated rings. The highest BCUT2D eigenvalue weighted by Gasteiger charge is 2.35. The van der Waals surface area contributed by atoms with Gasteiger partial charge in [0.25, 0.3) is 0 Å². The molecule has 1 aromatic heterocycles. The van der Waals surface area contributed by atoms with E-state index in [-0.39, 0.29) is 11.8 Å². The Morgan fingerprint density at radius 2 is 1.84 bits per heavy atom. The van der Waals surface area contributed by atoms with Gasteiger partial charge in [-0.05, 0) is 73.7 Å². The molecule has 0 radical (unpaired) electrons. The lowest BCUT2D eigenvalue weighted by molar-refractivity contribution is 0.0600. The summed E-state index contributed by atoms with van der Waals surface area (Å²) in [7, 11) is 1.37. The zero-order valence-electron chi connectivity index (χ0n) is 21.6. The first kappa shape index (κ1) is 25.3. The van der Waals surface area contributed by atoms with Crippen LogP contribution in [0, 0.1) is 0 Å². The molecule has 0 unspecified atom stereocenters. The molecule has 7 nitrogen and oxygen atoms in total. The minimum atomic E-state index is -0.858. The zero-order chi connectivity index (χ0) is 26.5.